The van der Waals surface area contributed by atoms with E-state index in [0.29, 0.717) is 17.9 Å². The third kappa shape index (κ3) is 3.42. The lowest BCUT2D eigenvalue weighted by Gasteiger charge is -2.34. The Morgan fingerprint density at radius 1 is 1.10 bits per heavy atom. The maximum atomic E-state index is 13.2. The van der Waals surface area contributed by atoms with E-state index in [2.05, 4.69) is 5.10 Å². The third-order valence-corrected chi connectivity index (χ3v) is 5.12. The van der Waals surface area contributed by atoms with Crippen LogP contribution in [0.1, 0.15) is 17.5 Å². The van der Waals surface area contributed by atoms with E-state index < -0.39 is 0 Å². The lowest BCUT2D eigenvalue weighted by molar-refractivity contribution is -0.129. The number of carbonyl (C=O) groups is 2. The average molecular weight is 394 g/mol. The van der Waals surface area contributed by atoms with Gasteiger partial charge in [0.15, 0.2) is 0 Å². The number of urea groups is 1. The number of aliphatic hydroxyl groups is 1. The van der Waals surface area contributed by atoms with E-state index in [0.717, 1.165) is 22.3 Å². The summed E-state index contributed by atoms with van der Waals surface area (Å²) < 4.78 is 6.80. The summed E-state index contributed by atoms with van der Waals surface area (Å²) in [5.74, 6) is 1.16. The third-order valence-electron chi connectivity index (χ3n) is 5.12. The highest BCUT2D eigenvalue weighted by Crippen LogP contribution is 2.30. The minimum atomic E-state index is -0.367. The molecule has 1 aromatic heterocycles. The number of rotatable bonds is 5. The number of nitrogens with zero attached hydrogens (tertiary/aromatic N) is 4. The van der Waals surface area contributed by atoms with Gasteiger partial charge in [0, 0.05) is 25.4 Å². The molecule has 4 rings (SSSR count). The molecule has 1 aliphatic rings. The number of amides is 3. The second-order valence-electron chi connectivity index (χ2n) is 6.97. The molecule has 0 unspecified atom stereocenters. The number of carbonyl (C=O) groups excluding carboxylic acids is 2. The normalized spacial score (nSPS) is 14.7. The van der Waals surface area contributed by atoms with Crippen molar-refractivity contribution in [3.8, 4) is 5.75 Å². The fourth-order valence-electron chi connectivity index (χ4n) is 3.61. The first-order valence-electron chi connectivity index (χ1n) is 9.33. The van der Waals surface area contributed by atoms with E-state index in [-0.39, 0.29) is 31.5 Å². The van der Waals surface area contributed by atoms with Crippen molar-refractivity contribution in [2.45, 2.75) is 19.6 Å². The first-order valence-corrected chi connectivity index (χ1v) is 9.33. The molecule has 1 N–H and O–H groups in total. The van der Waals surface area contributed by atoms with Crippen LogP contribution in [0.2, 0.25) is 0 Å². The molecular weight excluding hydrogens is 372 g/mol. The molecular formula is C21H22N4O4. The number of methoxy groups -OCH3 is 1. The van der Waals surface area contributed by atoms with Crippen molar-refractivity contribution in [1.29, 1.82) is 0 Å². The number of ether oxygens (including phenoxy) is 1. The molecule has 8 nitrogen and oxygen atoms in total. The van der Waals surface area contributed by atoms with Crippen LogP contribution < -0.4 is 9.64 Å². The molecule has 1 saturated heterocycles. The highest BCUT2D eigenvalue weighted by Gasteiger charge is 2.35. The average Bonchev–Trinajstić information content (AvgIpc) is 3.06. The number of anilines is 1. The van der Waals surface area contributed by atoms with Crippen LogP contribution in [0.15, 0.2) is 42.5 Å². The standard InChI is InChI=1S/C21H22N4O4/c1-23-20(17-8-5-15(13-26)11-18(17)22-23)24-10-9-19(27)25(21(24)28)12-14-3-6-16(29-2)7-4-14/h3-8,11,26H,9-10,12-13H2,1-2H3. The first kappa shape index (κ1) is 18.9. The maximum Gasteiger partial charge on any atom is 0.332 e. The van der Waals surface area contributed by atoms with Gasteiger partial charge in [0.25, 0.3) is 0 Å². The molecule has 0 saturated carbocycles. The predicted octanol–water partition coefficient (Wildman–Crippen LogP) is 2.43. The van der Waals surface area contributed by atoms with E-state index in [1.807, 2.05) is 24.3 Å². The molecule has 0 atom stereocenters. The molecule has 0 bridgehead atoms. The Morgan fingerprint density at radius 3 is 2.52 bits per heavy atom. The van der Waals surface area contributed by atoms with E-state index in [1.165, 1.54) is 4.90 Å². The fourth-order valence-corrected chi connectivity index (χ4v) is 3.61. The smallest absolute Gasteiger partial charge is 0.332 e. The quantitative estimate of drug-likeness (QED) is 0.718. The molecule has 3 aromatic rings. The summed E-state index contributed by atoms with van der Waals surface area (Å²) in [6, 6.07) is 12.4. The van der Waals surface area contributed by atoms with E-state index >= 15 is 0 Å². The summed E-state index contributed by atoms with van der Waals surface area (Å²) in [6.07, 6.45) is 0.239. The van der Waals surface area contributed by atoms with Gasteiger partial charge in [0.2, 0.25) is 5.91 Å². The van der Waals surface area contributed by atoms with Crippen molar-refractivity contribution >= 4 is 28.7 Å². The largest absolute Gasteiger partial charge is 0.497 e. The number of hydrogen-bond donors (Lipinski definition) is 1. The molecule has 1 fully saturated rings. The minimum Gasteiger partial charge on any atom is -0.497 e. The topological polar surface area (TPSA) is 87.9 Å². The predicted molar refractivity (Wildman–Crippen MR) is 108 cm³/mol. The highest BCUT2D eigenvalue weighted by molar-refractivity contribution is 6.08. The molecule has 150 valence electrons. The Morgan fingerprint density at radius 2 is 1.83 bits per heavy atom. The Kier molecular flexibility index (Phi) is 4.94. The number of aromatic nitrogens is 2. The van der Waals surface area contributed by atoms with Crippen LogP contribution >= 0.6 is 0 Å². The second kappa shape index (κ2) is 7.56. The summed E-state index contributed by atoms with van der Waals surface area (Å²) in [5, 5.41) is 14.6. The molecule has 3 amide bonds. The number of aryl methyl sites for hydroxylation is 1. The Labute approximate surface area is 167 Å². The van der Waals surface area contributed by atoms with E-state index in [4.69, 9.17) is 4.74 Å². The maximum absolute atomic E-state index is 13.2. The summed E-state index contributed by atoms with van der Waals surface area (Å²) in [5.41, 5.74) is 2.29. The Balaban J connectivity index is 1.65. The number of hydrogen-bond acceptors (Lipinski definition) is 5. The van der Waals surface area contributed by atoms with Gasteiger partial charge < -0.3 is 9.84 Å². The zero-order chi connectivity index (χ0) is 20.5. The number of fused-ring (bicyclic) bond motifs is 1. The van der Waals surface area contributed by atoms with E-state index in [9.17, 15) is 14.7 Å². The van der Waals surface area contributed by atoms with Gasteiger partial charge in [0.1, 0.15) is 11.6 Å². The lowest BCUT2D eigenvalue weighted by Crippen LogP contribution is -2.52. The molecule has 29 heavy (non-hydrogen) atoms. The fraction of sp³-hybridized carbons (Fsp3) is 0.286. The summed E-state index contributed by atoms with van der Waals surface area (Å²) in [7, 11) is 3.36. The van der Waals surface area contributed by atoms with Crippen LogP contribution in [0.3, 0.4) is 0 Å². The molecule has 8 heteroatoms. The van der Waals surface area contributed by atoms with Crippen molar-refractivity contribution in [3.63, 3.8) is 0 Å². The first-order chi connectivity index (χ1) is 14.0. The Hall–Kier alpha value is -3.39. The van der Waals surface area contributed by atoms with Gasteiger partial charge in [-0.15, -0.1) is 0 Å². The van der Waals surface area contributed by atoms with Gasteiger partial charge in [-0.2, -0.15) is 5.10 Å². The van der Waals surface area contributed by atoms with E-state index in [1.54, 1.807) is 41.9 Å². The van der Waals surface area contributed by atoms with Crippen LogP contribution in [0.25, 0.3) is 10.9 Å². The van der Waals surface area contributed by atoms with Crippen LogP contribution in [0.4, 0.5) is 10.6 Å². The summed E-state index contributed by atoms with van der Waals surface area (Å²) in [4.78, 5) is 28.6. The SMILES string of the molecule is COc1ccc(CN2C(=O)CCN(c3c4ccc(CO)cc4nn3C)C2=O)cc1. The zero-order valence-electron chi connectivity index (χ0n) is 16.3. The number of benzene rings is 2. The van der Waals surface area contributed by atoms with Crippen molar-refractivity contribution < 1.29 is 19.4 Å². The zero-order valence-corrected chi connectivity index (χ0v) is 16.3. The minimum absolute atomic E-state index is 0.0748. The highest BCUT2D eigenvalue weighted by atomic mass is 16.5. The van der Waals surface area contributed by atoms with Gasteiger partial charge in [-0.1, -0.05) is 18.2 Å². The molecule has 0 radical (unpaired) electrons. The van der Waals surface area contributed by atoms with Crippen molar-refractivity contribution in [3.05, 3.63) is 53.6 Å². The van der Waals surface area contributed by atoms with Gasteiger partial charge in [-0.05, 0) is 35.4 Å². The van der Waals surface area contributed by atoms with Crippen LogP contribution in [0.5, 0.6) is 5.75 Å². The van der Waals surface area contributed by atoms with Crippen LogP contribution in [-0.2, 0) is 25.0 Å². The lowest BCUT2D eigenvalue weighted by atomic mass is 10.1. The second-order valence-corrected chi connectivity index (χ2v) is 6.97. The van der Waals surface area contributed by atoms with Gasteiger partial charge in [0.05, 0.1) is 25.8 Å². The Bertz CT molecular complexity index is 1070. The summed E-state index contributed by atoms with van der Waals surface area (Å²) in [6.45, 7) is 0.421. The van der Waals surface area contributed by atoms with Crippen LogP contribution in [0, 0.1) is 0 Å². The molecule has 0 spiro atoms. The van der Waals surface area contributed by atoms with Gasteiger partial charge >= 0.3 is 6.03 Å². The van der Waals surface area contributed by atoms with Gasteiger partial charge in [-0.25, -0.2) is 4.79 Å². The van der Waals surface area contributed by atoms with Crippen LogP contribution in [-0.4, -0.2) is 45.4 Å². The monoisotopic (exact) mass is 394 g/mol. The molecule has 1 aliphatic heterocycles. The number of aliphatic hydroxyl groups excluding tert-OH is 1. The molecule has 2 heterocycles. The molecule has 0 aliphatic carbocycles. The summed E-state index contributed by atoms with van der Waals surface area (Å²) >= 11 is 0. The van der Waals surface area contributed by atoms with Crippen molar-refractivity contribution in [2.75, 3.05) is 18.6 Å². The van der Waals surface area contributed by atoms with Crippen molar-refractivity contribution in [1.82, 2.24) is 14.7 Å². The van der Waals surface area contributed by atoms with Gasteiger partial charge in [-0.3, -0.25) is 19.3 Å². The van der Waals surface area contributed by atoms with Crippen molar-refractivity contribution in [2.24, 2.45) is 7.05 Å². The molecule has 2 aromatic carbocycles. The number of imide groups is 1.